The van der Waals surface area contributed by atoms with Crippen LogP contribution in [0.5, 0.6) is 5.75 Å². The van der Waals surface area contributed by atoms with Gasteiger partial charge in [-0.2, -0.15) is 0 Å². The van der Waals surface area contributed by atoms with E-state index >= 15 is 0 Å². The Morgan fingerprint density at radius 2 is 1.79 bits per heavy atom. The second-order valence-electron chi connectivity index (χ2n) is 5.17. The molecule has 0 saturated carbocycles. The molecule has 1 aromatic rings. The zero-order valence-corrected chi connectivity index (χ0v) is 12.2. The number of nitrogen functional groups attached to an aromatic ring is 1. The van der Waals surface area contributed by atoms with Crippen molar-refractivity contribution in [2.45, 2.75) is 27.7 Å². The zero-order valence-electron chi connectivity index (χ0n) is 12.2. The Morgan fingerprint density at radius 1 is 1.21 bits per heavy atom. The number of amidine groups is 1. The smallest absolute Gasteiger partial charge is 0.125 e. The highest BCUT2D eigenvalue weighted by atomic mass is 16.5. The van der Waals surface area contributed by atoms with Crippen molar-refractivity contribution in [3.05, 3.63) is 28.8 Å². The summed E-state index contributed by atoms with van der Waals surface area (Å²) in [5.41, 5.74) is 8.22. The van der Waals surface area contributed by atoms with Gasteiger partial charge in [0.25, 0.3) is 0 Å². The van der Waals surface area contributed by atoms with Gasteiger partial charge in [0.05, 0.1) is 6.61 Å². The van der Waals surface area contributed by atoms with E-state index < -0.39 is 0 Å². The lowest BCUT2D eigenvalue weighted by Crippen LogP contribution is -2.13. The van der Waals surface area contributed by atoms with E-state index in [1.807, 2.05) is 26.0 Å². The van der Waals surface area contributed by atoms with Gasteiger partial charge in [-0.3, -0.25) is 5.41 Å². The lowest BCUT2D eigenvalue weighted by atomic mass is 10.1. The van der Waals surface area contributed by atoms with Crippen LogP contribution < -0.4 is 10.5 Å². The molecule has 0 amide bonds. The summed E-state index contributed by atoms with van der Waals surface area (Å²) < 4.78 is 11.2. The van der Waals surface area contributed by atoms with E-state index in [9.17, 15) is 0 Å². The van der Waals surface area contributed by atoms with Crippen molar-refractivity contribution in [1.82, 2.24) is 0 Å². The summed E-state index contributed by atoms with van der Waals surface area (Å²) in [4.78, 5) is 0. The van der Waals surface area contributed by atoms with Crippen LogP contribution in [0.1, 0.15) is 30.5 Å². The number of rotatable bonds is 7. The van der Waals surface area contributed by atoms with Crippen LogP contribution >= 0.6 is 0 Å². The van der Waals surface area contributed by atoms with Crippen LogP contribution in [0.4, 0.5) is 0 Å². The number of hydrogen-bond donors (Lipinski definition) is 2. The topological polar surface area (TPSA) is 68.3 Å². The maximum absolute atomic E-state index is 7.45. The number of aryl methyl sites for hydroxylation is 2. The predicted octanol–water partition coefficient (Wildman–Crippen LogP) is 2.64. The van der Waals surface area contributed by atoms with Crippen molar-refractivity contribution < 1.29 is 9.47 Å². The molecule has 0 aliphatic carbocycles. The van der Waals surface area contributed by atoms with Gasteiger partial charge in [0, 0.05) is 12.2 Å². The van der Waals surface area contributed by atoms with Gasteiger partial charge >= 0.3 is 0 Å². The molecule has 4 heteroatoms. The summed E-state index contributed by atoms with van der Waals surface area (Å²) in [7, 11) is 0. The van der Waals surface area contributed by atoms with Gasteiger partial charge in [-0.1, -0.05) is 13.8 Å². The van der Waals surface area contributed by atoms with Crippen LogP contribution in [0.2, 0.25) is 0 Å². The standard InChI is InChI=1S/C15H24N2O2/c1-10(2)9-18-5-6-19-14-11(3)7-13(15(16)17)8-12(14)4/h7-8,10H,5-6,9H2,1-4H3,(H3,16,17). The van der Waals surface area contributed by atoms with Crippen molar-refractivity contribution in [3.8, 4) is 5.75 Å². The first-order valence-electron chi connectivity index (χ1n) is 6.58. The maximum atomic E-state index is 7.45. The molecule has 0 aliphatic heterocycles. The van der Waals surface area contributed by atoms with Crippen molar-refractivity contribution >= 4 is 5.84 Å². The summed E-state index contributed by atoms with van der Waals surface area (Å²) in [5.74, 6) is 1.48. The van der Waals surface area contributed by atoms with E-state index in [0.717, 1.165) is 29.0 Å². The highest BCUT2D eigenvalue weighted by Crippen LogP contribution is 2.24. The van der Waals surface area contributed by atoms with Crippen LogP contribution in [0.3, 0.4) is 0 Å². The number of benzene rings is 1. The van der Waals surface area contributed by atoms with Gasteiger partial charge in [0.15, 0.2) is 0 Å². The average molecular weight is 264 g/mol. The van der Waals surface area contributed by atoms with E-state index in [0.29, 0.717) is 19.1 Å². The lowest BCUT2D eigenvalue weighted by molar-refractivity contribution is 0.0815. The van der Waals surface area contributed by atoms with Crippen molar-refractivity contribution in [3.63, 3.8) is 0 Å². The second-order valence-corrected chi connectivity index (χ2v) is 5.17. The first kappa shape index (κ1) is 15.5. The number of ether oxygens (including phenoxy) is 2. The third-order valence-corrected chi connectivity index (χ3v) is 2.70. The third kappa shape index (κ3) is 4.91. The normalized spacial score (nSPS) is 10.8. The molecule has 3 N–H and O–H groups in total. The lowest BCUT2D eigenvalue weighted by Gasteiger charge is -2.14. The summed E-state index contributed by atoms with van der Waals surface area (Å²) in [6, 6.07) is 3.75. The molecule has 0 radical (unpaired) electrons. The predicted molar refractivity (Wildman–Crippen MR) is 78.1 cm³/mol. The third-order valence-electron chi connectivity index (χ3n) is 2.70. The van der Waals surface area contributed by atoms with E-state index in [2.05, 4.69) is 13.8 Å². The second kappa shape index (κ2) is 7.14. The molecule has 0 saturated heterocycles. The minimum Gasteiger partial charge on any atom is -0.491 e. The number of nitrogens with two attached hydrogens (primary N) is 1. The number of hydrogen-bond acceptors (Lipinski definition) is 3. The summed E-state index contributed by atoms with van der Waals surface area (Å²) in [6.45, 7) is 10.0. The Hall–Kier alpha value is -1.55. The first-order chi connectivity index (χ1) is 8.91. The summed E-state index contributed by atoms with van der Waals surface area (Å²) in [6.07, 6.45) is 0. The van der Waals surface area contributed by atoms with Gasteiger partial charge in [-0.05, 0) is 43.0 Å². The Labute approximate surface area is 115 Å². The largest absolute Gasteiger partial charge is 0.491 e. The highest BCUT2D eigenvalue weighted by Gasteiger charge is 2.08. The molecule has 4 nitrogen and oxygen atoms in total. The van der Waals surface area contributed by atoms with Crippen molar-refractivity contribution in [2.24, 2.45) is 11.7 Å². The molecule has 1 aromatic carbocycles. The molecule has 0 spiro atoms. The van der Waals surface area contributed by atoms with Crippen LogP contribution in [-0.4, -0.2) is 25.7 Å². The van der Waals surface area contributed by atoms with E-state index in [1.54, 1.807) is 0 Å². The first-order valence-corrected chi connectivity index (χ1v) is 6.58. The SMILES string of the molecule is Cc1cc(C(=N)N)cc(C)c1OCCOCC(C)C. The van der Waals surface area contributed by atoms with Crippen LogP contribution in [0.25, 0.3) is 0 Å². The molecule has 1 rings (SSSR count). The van der Waals surface area contributed by atoms with Gasteiger partial charge in [-0.15, -0.1) is 0 Å². The van der Waals surface area contributed by atoms with Gasteiger partial charge in [0.1, 0.15) is 18.2 Å². The fraction of sp³-hybridized carbons (Fsp3) is 0.533. The minimum absolute atomic E-state index is 0.0815. The molecule has 0 atom stereocenters. The van der Waals surface area contributed by atoms with Crippen LogP contribution in [-0.2, 0) is 4.74 Å². The van der Waals surface area contributed by atoms with Crippen LogP contribution in [0.15, 0.2) is 12.1 Å². The fourth-order valence-electron chi connectivity index (χ4n) is 1.86. The molecule has 0 unspecified atom stereocenters. The van der Waals surface area contributed by atoms with Gasteiger partial charge in [0.2, 0.25) is 0 Å². The molecule has 106 valence electrons. The Balaban J connectivity index is 2.57. The zero-order chi connectivity index (χ0) is 14.4. The Morgan fingerprint density at radius 3 is 2.26 bits per heavy atom. The van der Waals surface area contributed by atoms with E-state index in [1.165, 1.54) is 0 Å². The quantitative estimate of drug-likeness (QED) is 0.452. The average Bonchev–Trinajstić information content (AvgIpc) is 2.30. The van der Waals surface area contributed by atoms with E-state index in [-0.39, 0.29) is 5.84 Å². The fourth-order valence-corrected chi connectivity index (χ4v) is 1.86. The maximum Gasteiger partial charge on any atom is 0.125 e. The summed E-state index contributed by atoms with van der Waals surface area (Å²) >= 11 is 0. The molecular weight excluding hydrogens is 240 g/mol. The molecular formula is C15H24N2O2. The number of nitrogens with one attached hydrogen (secondary N) is 1. The molecule has 0 fully saturated rings. The molecule has 0 aliphatic rings. The van der Waals surface area contributed by atoms with Crippen LogP contribution in [0, 0.1) is 25.2 Å². The minimum atomic E-state index is 0.0815. The monoisotopic (exact) mass is 264 g/mol. The Kier molecular flexibility index (Phi) is 5.83. The van der Waals surface area contributed by atoms with E-state index in [4.69, 9.17) is 20.6 Å². The molecule has 0 aromatic heterocycles. The Bertz CT molecular complexity index is 419. The van der Waals surface area contributed by atoms with Gasteiger partial charge in [-0.25, -0.2) is 0 Å². The molecule has 19 heavy (non-hydrogen) atoms. The van der Waals surface area contributed by atoms with Crippen molar-refractivity contribution in [1.29, 1.82) is 5.41 Å². The van der Waals surface area contributed by atoms with Gasteiger partial charge < -0.3 is 15.2 Å². The molecule has 0 bridgehead atoms. The highest BCUT2D eigenvalue weighted by molar-refractivity contribution is 5.95. The summed E-state index contributed by atoms with van der Waals surface area (Å²) in [5, 5.41) is 7.45. The molecule has 0 heterocycles. The van der Waals surface area contributed by atoms with Crippen molar-refractivity contribution in [2.75, 3.05) is 19.8 Å².